The third-order valence-electron chi connectivity index (χ3n) is 3.35. The molecular formula is C15H12N6O. The number of aromatic nitrogens is 5. The molecule has 0 unspecified atom stereocenters. The van der Waals surface area contributed by atoms with Gasteiger partial charge in [0.25, 0.3) is 0 Å². The second-order valence-electron chi connectivity index (χ2n) is 4.74. The Balaban J connectivity index is 1.59. The number of benzene rings is 2. The molecule has 0 aliphatic rings. The van der Waals surface area contributed by atoms with Gasteiger partial charge in [0.05, 0.1) is 5.52 Å². The normalized spacial score (nSPS) is 10.9. The monoisotopic (exact) mass is 292 g/mol. The summed E-state index contributed by atoms with van der Waals surface area (Å²) in [5, 5.41) is 19.3. The number of nitrogens with zero attached hydrogens (tertiary/aromatic N) is 5. The Morgan fingerprint density at radius 3 is 2.68 bits per heavy atom. The number of rotatable bonds is 4. The number of anilines is 1. The molecule has 0 amide bonds. The van der Waals surface area contributed by atoms with Crippen molar-refractivity contribution in [2.45, 2.75) is 6.67 Å². The summed E-state index contributed by atoms with van der Waals surface area (Å²) in [5.74, 6) is 0.575. The van der Waals surface area contributed by atoms with Gasteiger partial charge < -0.3 is 5.32 Å². The number of hydrogen-bond donors (Lipinski definition) is 1. The number of hydrogen-bond acceptors (Lipinski definition) is 6. The van der Waals surface area contributed by atoms with Crippen LogP contribution in [0.2, 0.25) is 0 Å². The van der Waals surface area contributed by atoms with Gasteiger partial charge in [-0.25, -0.2) is 9.31 Å². The van der Waals surface area contributed by atoms with Crippen LogP contribution in [0.15, 0.2) is 59.2 Å². The van der Waals surface area contributed by atoms with Gasteiger partial charge in [0.15, 0.2) is 11.5 Å². The first-order valence-electron chi connectivity index (χ1n) is 6.82. The molecule has 2 aromatic carbocycles. The van der Waals surface area contributed by atoms with E-state index in [4.69, 9.17) is 4.63 Å². The SMILES string of the molecule is c1ccc(-c2nonc2NCn2nnc3ccccc32)cc1. The van der Waals surface area contributed by atoms with Crippen LogP contribution in [0.3, 0.4) is 0 Å². The van der Waals surface area contributed by atoms with Crippen LogP contribution in [-0.2, 0) is 6.67 Å². The maximum atomic E-state index is 4.85. The van der Waals surface area contributed by atoms with Crippen LogP contribution in [0, 0.1) is 0 Å². The van der Waals surface area contributed by atoms with Crippen molar-refractivity contribution in [3.05, 3.63) is 54.6 Å². The maximum Gasteiger partial charge on any atom is 0.200 e. The van der Waals surface area contributed by atoms with E-state index in [9.17, 15) is 0 Å². The molecule has 0 saturated heterocycles. The third kappa shape index (κ3) is 2.18. The number of nitrogens with one attached hydrogen (secondary N) is 1. The first kappa shape index (κ1) is 12.5. The Hall–Kier alpha value is -3.22. The summed E-state index contributed by atoms with van der Waals surface area (Å²) >= 11 is 0. The predicted octanol–water partition coefficient (Wildman–Crippen LogP) is 2.55. The van der Waals surface area contributed by atoms with Crippen molar-refractivity contribution in [3.63, 3.8) is 0 Å². The fraction of sp³-hybridized carbons (Fsp3) is 0.0667. The quantitative estimate of drug-likeness (QED) is 0.622. The highest BCUT2D eigenvalue weighted by Gasteiger charge is 2.12. The molecule has 0 aliphatic carbocycles. The lowest BCUT2D eigenvalue weighted by Crippen LogP contribution is -2.10. The van der Waals surface area contributed by atoms with Crippen molar-refractivity contribution >= 4 is 16.9 Å². The topological polar surface area (TPSA) is 81.7 Å². The highest BCUT2D eigenvalue weighted by Crippen LogP contribution is 2.23. The van der Waals surface area contributed by atoms with Gasteiger partial charge in [0.2, 0.25) is 0 Å². The van der Waals surface area contributed by atoms with E-state index >= 15 is 0 Å². The smallest absolute Gasteiger partial charge is 0.200 e. The average Bonchev–Trinajstić information content (AvgIpc) is 3.20. The standard InChI is InChI=1S/C15H12N6O/c1-2-6-11(7-3-1)14-15(19-22-18-14)16-10-21-13-9-5-4-8-12(13)17-20-21/h1-9H,10H2,(H,16,19). The summed E-state index contributed by atoms with van der Waals surface area (Å²) in [4.78, 5) is 0. The summed E-state index contributed by atoms with van der Waals surface area (Å²) in [6.07, 6.45) is 0. The summed E-state index contributed by atoms with van der Waals surface area (Å²) in [6.45, 7) is 0.425. The van der Waals surface area contributed by atoms with E-state index in [1.807, 2.05) is 54.6 Å². The van der Waals surface area contributed by atoms with Crippen LogP contribution in [0.4, 0.5) is 5.82 Å². The summed E-state index contributed by atoms with van der Waals surface area (Å²) in [7, 11) is 0. The molecule has 0 spiro atoms. The van der Waals surface area contributed by atoms with Crippen molar-refractivity contribution < 1.29 is 4.63 Å². The fourth-order valence-electron chi connectivity index (χ4n) is 2.27. The zero-order valence-electron chi connectivity index (χ0n) is 11.5. The molecule has 0 saturated carbocycles. The van der Waals surface area contributed by atoms with E-state index in [1.165, 1.54) is 0 Å². The van der Waals surface area contributed by atoms with Crippen LogP contribution >= 0.6 is 0 Å². The molecule has 108 valence electrons. The third-order valence-corrected chi connectivity index (χ3v) is 3.35. The van der Waals surface area contributed by atoms with Crippen molar-refractivity contribution in [2.24, 2.45) is 0 Å². The lowest BCUT2D eigenvalue weighted by molar-refractivity contribution is 0.310. The predicted molar refractivity (Wildman–Crippen MR) is 80.9 cm³/mol. The van der Waals surface area contributed by atoms with Crippen LogP contribution < -0.4 is 5.32 Å². The van der Waals surface area contributed by atoms with Gasteiger partial charge in [-0.2, -0.15) is 0 Å². The minimum atomic E-state index is 0.425. The maximum absolute atomic E-state index is 4.85. The molecule has 2 aromatic heterocycles. The summed E-state index contributed by atoms with van der Waals surface area (Å²) in [5.41, 5.74) is 3.42. The van der Waals surface area contributed by atoms with Crippen molar-refractivity contribution in [1.29, 1.82) is 0 Å². The number of fused-ring (bicyclic) bond motifs is 1. The Labute approximate surface area is 125 Å². The van der Waals surface area contributed by atoms with Gasteiger partial charge in [0, 0.05) is 5.56 Å². The molecule has 0 aliphatic heterocycles. The summed E-state index contributed by atoms with van der Waals surface area (Å²) in [6, 6.07) is 17.5. The minimum absolute atomic E-state index is 0.425. The zero-order chi connectivity index (χ0) is 14.8. The van der Waals surface area contributed by atoms with Crippen molar-refractivity contribution in [2.75, 3.05) is 5.32 Å². The lowest BCUT2D eigenvalue weighted by Gasteiger charge is -2.04. The Morgan fingerprint density at radius 1 is 0.955 bits per heavy atom. The molecule has 0 atom stereocenters. The zero-order valence-corrected chi connectivity index (χ0v) is 11.5. The van der Waals surface area contributed by atoms with Gasteiger partial charge in [0.1, 0.15) is 12.2 Å². The number of para-hydroxylation sites is 1. The minimum Gasteiger partial charge on any atom is -0.346 e. The Kier molecular flexibility index (Phi) is 3.01. The molecule has 1 N–H and O–H groups in total. The fourth-order valence-corrected chi connectivity index (χ4v) is 2.27. The van der Waals surface area contributed by atoms with E-state index < -0.39 is 0 Å². The van der Waals surface area contributed by atoms with E-state index in [-0.39, 0.29) is 0 Å². The lowest BCUT2D eigenvalue weighted by atomic mass is 10.1. The van der Waals surface area contributed by atoms with Gasteiger partial charge in [-0.1, -0.05) is 47.7 Å². The van der Waals surface area contributed by atoms with Gasteiger partial charge >= 0.3 is 0 Å². The molecule has 7 nitrogen and oxygen atoms in total. The first-order chi connectivity index (χ1) is 10.9. The highest BCUT2D eigenvalue weighted by atomic mass is 16.6. The second kappa shape index (κ2) is 5.28. The average molecular weight is 292 g/mol. The molecule has 0 radical (unpaired) electrons. The Bertz CT molecular complexity index is 898. The molecule has 22 heavy (non-hydrogen) atoms. The summed E-state index contributed by atoms with van der Waals surface area (Å²) < 4.78 is 6.61. The molecule has 4 rings (SSSR count). The highest BCUT2D eigenvalue weighted by molar-refractivity contribution is 5.74. The molecule has 7 heteroatoms. The molecule has 4 aromatic rings. The van der Waals surface area contributed by atoms with Crippen LogP contribution in [0.25, 0.3) is 22.3 Å². The second-order valence-corrected chi connectivity index (χ2v) is 4.74. The van der Waals surface area contributed by atoms with Gasteiger partial charge in [-0.05, 0) is 22.4 Å². The Morgan fingerprint density at radius 2 is 1.77 bits per heavy atom. The van der Waals surface area contributed by atoms with Crippen LogP contribution in [0.5, 0.6) is 0 Å². The van der Waals surface area contributed by atoms with Crippen molar-refractivity contribution in [1.82, 2.24) is 25.3 Å². The molecule has 0 fully saturated rings. The molecular weight excluding hydrogens is 280 g/mol. The van der Waals surface area contributed by atoms with Gasteiger partial charge in [-0.3, -0.25) is 0 Å². The van der Waals surface area contributed by atoms with Gasteiger partial charge in [-0.15, -0.1) is 5.10 Å². The molecule has 0 bridgehead atoms. The van der Waals surface area contributed by atoms with Crippen molar-refractivity contribution in [3.8, 4) is 11.3 Å². The van der Waals surface area contributed by atoms with E-state index in [0.717, 1.165) is 16.6 Å². The van der Waals surface area contributed by atoms with Crippen LogP contribution in [0.1, 0.15) is 0 Å². The first-order valence-corrected chi connectivity index (χ1v) is 6.82. The molecule has 2 heterocycles. The van der Waals surface area contributed by atoms with Crippen LogP contribution in [-0.4, -0.2) is 25.3 Å². The van der Waals surface area contributed by atoms with E-state index in [0.29, 0.717) is 18.2 Å². The van der Waals surface area contributed by atoms with E-state index in [1.54, 1.807) is 4.68 Å². The largest absolute Gasteiger partial charge is 0.346 e. The van der Waals surface area contributed by atoms with E-state index in [2.05, 4.69) is 25.9 Å².